The first-order valence-corrected chi connectivity index (χ1v) is 5.65. The van der Waals surface area contributed by atoms with Crippen LogP contribution in [0.15, 0.2) is 30.3 Å². The van der Waals surface area contributed by atoms with Gasteiger partial charge in [0.05, 0.1) is 17.8 Å². The molecule has 0 saturated heterocycles. The molecule has 0 radical (unpaired) electrons. The Hall–Kier alpha value is -2.01. The number of ether oxygens (including phenoxy) is 2. The van der Waals surface area contributed by atoms with E-state index in [1.165, 1.54) is 19.2 Å². The Morgan fingerprint density at radius 1 is 1.05 bits per heavy atom. The zero-order valence-electron chi connectivity index (χ0n) is 9.91. The highest BCUT2D eigenvalue weighted by atomic mass is 35.5. The van der Waals surface area contributed by atoms with Gasteiger partial charge in [0.15, 0.2) is 11.6 Å². The molecular weight excluding hydrogens is 276 g/mol. The van der Waals surface area contributed by atoms with Gasteiger partial charge in [-0.1, -0.05) is 11.6 Å². The fourth-order valence-electron chi connectivity index (χ4n) is 1.48. The smallest absolute Gasteiger partial charge is 0.168 e. The third-order valence-corrected chi connectivity index (χ3v) is 2.69. The van der Waals surface area contributed by atoms with Crippen LogP contribution in [-0.2, 0) is 0 Å². The molecule has 0 fully saturated rings. The molecule has 0 unspecified atom stereocenters. The van der Waals surface area contributed by atoms with Gasteiger partial charge in [0.1, 0.15) is 17.3 Å². The van der Waals surface area contributed by atoms with E-state index in [1.54, 1.807) is 0 Å². The number of rotatable bonds is 3. The van der Waals surface area contributed by atoms with Gasteiger partial charge in [0.2, 0.25) is 0 Å². The van der Waals surface area contributed by atoms with E-state index in [0.29, 0.717) is 0 Å². The van der Waals surface area contributed by atoms with Crippen molar-refractivity contribution in [2.24, 2.45) is 0 Å². The Morgan fingerprint density at radius 3 is 2.42 bits per heavy atom. The second kappa shape index (κ2) is 5.32. The van der Waals surface area contributed by atoms with E-state index in [0.717, 1.165) is 18.2 Å². The van der Waals surface area contributed by atoms with Crippen LogP contribution in [0.4, 0.5) is 14.5 Å². The first kappa shape index (κ1) is 13.4. The van der Waals surface area contributed by atoms with Gasteiger partial charge < -0.3 is 15.2 Å². The van der Waals surface area contributed by atoms with Crippen molar-refractivity contribution in [1.29, 1.82) is 0 Å². The van der Waals surface area contributed by atoms with Crippen molar-refractivity contribution in [2.45, 2.75) is 0 Å². The molecule has 100 valence electrons. The lowest BCUT2D eigenvalue weighted by atomic mass is 10.2. The van der Waals surface area contributed by atoms with Crippen LogP contribution in [0, 0.1) is 11.6 Å². The van der Waals surface area contributed by atoms with Crippen LogP contribution >= 0.6 is 11.6 Å². The van der Waals surface area contributed by atoms with Crippen molar-refractivity contribution in [3.8, 4) is 17.2 Å². The quantitative estimate of drug-likeness (QED) is 0.867. The standard InChI is InChI=1S/C13H10ClF2NO2/c1-18-13-6-12(9(16)5-10(13)17)19-11-3-2-7(15)4-8(11)14/h2-6H,17H2,1H3. The number of benzene rings is 2. The molecule has 0 spiro atoms. The summed E-state index contributed by atoms with van der Waals surface area (Å²) < 4.78 is 36.8. The Balaban J connectivity index is 2.37. The first-order valence-electron chi connectivity index (χ1n) is 5.27. The van der Waals surface area contributed by atoms with Crippen LogP contribution in [0.5, 0.6) is 17.2 Å². The number of methoxy groups -OCH3 is 1. The molecule has 0 bridgehead atoms. The highest BCUT2D eigenvalue weighted by Gasteiger charge is 2.12. The van der Waals surface area contributed by atoms with Crippen molar-refractivity contribution in [3.63, 3.8) is 0 Å². The maximum Gasteiger partial charge on any atom is 0.168 e. The fraction of sp³-hybridized carbons (Fsp3) is 0.0769. The molecule has 2 aromatic rings. The van der Waals surface area contributed by atoms with E-state index in [9.17, 15) is 8.78 Å². The number of nitrogens with two attached hydrogens (primary N) is 1. The van der Waals surface area contributed by atoms with Crippen molar-refractivity contribution >= 4 is 17.3 Å². The summed E-state index contributed by atoms with van der Waals surface area (Å²) in [5.74, 6) is -0.880. The summed E-state index contributed by atoms with van der Waals surface area (Å²) in [5.41, 5.74) is 5.70. The maximum absolute atomic E-state index is 13.7. The monoisotopic (exact) mass is 285 g/mol. The zero-order chi connectivity index (χ0) is 14.0. The largest absolute Gasteiger partial charge is 0.494 e. The van der Waals surface area contributed by atoms with Gasteiger partial charge >= 0.3 is 0 Å². The summed E-state index contributed by atoms with van der Waals surface area (Å²) in [6.07, 6.45) is 0. The molecule has 0 aliphatic heterocycles. The van der Waals surface area contributed by atoms with E-state index in [2.05, 4.69) is 0 Å². The molecule has 2 rings (SSSR count). The number of nitrogen functional groups attached to an aromatic ring is 1. The van der Waals surface area contributed by atoms with Crippen LogP contribution in [-0.4, -0.2) is 7.11 Å². The highest BCUT2D eigenvalue weighted by Crippen LogP contribution is 2.35. The van der Waals surface area contributed by atoms with E-state index < -0.39 is 11.6 Å². The molecule has 2 aromatic carbocycles. The molecule has 0 saturated carbocycles. The molecule has 0 aliphatic rings. The molecular formula is C13H10ClF2NO2. The lowest BCUT2D eigenvalue weighted by Crippen LogP contribution is -1.96. The number of hydrogen-bond donors (Lipinski definition) is 1. The molecule has 0 amide bonds. The summed E-state index contributed by atoms with van der Waals surface area (Å²) in [6, 6.07) is 5.91. The summed E-state index contributed by atoms with van der Waals surface area (Å²) in [6.45, 7) is 0. The lowest BCUT2D eigenvalue weighted by Gasteiger charge is -2.11. The molecule has 19 heavy (non-hydrogen) atoms. The maximum atomic E-state index is 13.7. The molecule has 3 nitrogen and oxygen atoms in total. The predicted octanol–water partition coefficient (Wildman–Crippen LogP) is 4.00. The Kier molecular flexibility index (Phi) is 3.76. The molecule has 0 atom stereocenters. The molecule has 0 aromatic heterocycles. The van der Waals surface area contributed by atoms with Crippen LogP contribution in [0.3, 0.4) is 0 Å². The van der Waals surface area contributed by atoms with Crippen molar-refractivity contribution < 1.29 is 18.3 Å². The van der Waals surface area contributed by atoms with Crippen LogP contribution in [0.1, 0.15) is 0 Å². The van der Waals surface area contributed by atoms with Crippen molar-refractivity contribution in [1.82, 2.24) is 0 Å². The summed E-state index contributed by atoms with van der Waals surface area (Å²) >= 11 is 5.79. The van der Waals surface area contributed by atoms with E-state index in [-0.39, 0.29) is 28.0 Å². The minimum atomic E-state index is -0.668. The van der Waals surface area contributed by atoms with E-state index >= 15 is 0 Å². The highest BCUT2D eigenvalue weighted by molar-refractivity contribution is 6.32. The fourth-order valence-corrected chi connectivity index (χ4v) is 1.69. The lowest BCUT2D eigenvalue weighted by molar-refractivity contribution is 0.403. The third-order valence-electron chi connectivity index (χ3n) is 2.40. The SMILES string of the molecule is COc1cc(Oc2ccc(F)cc2Cl)c(F)cc1N. The van der Waals surface area contributed by atoms with E-state index in [4.69, 9.17) is 26.8 Å². The summed E-state index contributed by atoms with van der Waals surface area (Å²) in [5, 5.41) is 0.0372. The van der Waals surface area contributed by atoms with Crippen LogP contribution in [0.2, 0.25) is 5.02 Å². The number of hydrogen-bond acceptors (Lipinski definition) is 3. The topological polar surface area (TPSA) is 44.5 Å². The first-order chi connectivity index (χ1) is 9.01. The van der Waals surface area contributed by atoms with Gasteiger partial charge in [-0.25, -0.2) is 8.78 Å². The third kappa shape index (κ3) is 2.88. The van der Waals surface area contributed by atoms with Gasteiger partial charge in [-0.2, -0.15) is 0 Å². The van der Waals surface area contributed by atoms with Gasteiger partial charge in [-0.3, -0.25) is 0 Å². The second-order valence-electron chi connectivity index (χ2n) is 3.70. The second-order valence-corrected chi connectivity index (χ2v) is 4.11. The zero-order valence-corrected chi connectivity index (χ0v) is 10.7. The number of halogens is 3. The predicted molar refractivity (Wildman–Crippen MR) is 68.8 cm³/mol. The molecule has 2 N–H and O–H groups in total. The molecule has 0 heterocycles. The average molecular weight is 286 g/mol. The Morgan fingerprint density at radius 2 is 1.79 bits per heavy atom. The van der Waals surface area contributed by atoms with E-state index in [1.807, 2.05) is 0 Å². The normalized spacial score (nSPS) is 10.3. The van der Waals surface area contributed by atoms with Crippen LogP contribution < -0.4 is 15.2 Å². The minimum absolute atomic E-state index is 0.0372. The summed E-state index contributed by atoms with van der Waals surface area (Å²) in [4.78, 5) is 0. The molecule has 6 heteroatoms. The van der Waals surface area contributed by atoms with Crippen LogP contribution in [0.25, 0.3) is 0 Å². The van der Waals surface area contributed by atoms with Gasteiger partial charge in [-0.15, -0.1) is 0 Å². The average Bonchev–Trinajstić information content (AvgIpc) is 2.35. The minimum Gasteiger partial charge on any atom is -0.494 e. The molecule has 0 aliphatic carbocycles. The van der Waals surface area contributed by atoms with Gasteiger partial charge in [0.25, 0.3) is 0 Å². The Labute approximate surface area is 113 Å². The summed E-state index contributed by atoms with van der Waals surface area (Å²) in [7, 11) is 1.40. The van der Waals surface area contributed by atoms with Crippen molar-refractivity contribution in [2.75, 3.05) is 12.8 Å². The Bertz CT molecular complexity index is 620. The number of anilines is 1. The van der Waals surface area contributed by atoms with Gasteiger partial charge in [0, 0.05) is 12.1 Å². The van der Waals surface area contributed by atoms with Gasteiger partial charge in [-0.05, 0) is 18.2 Å². The van der Waals surface area contributed by atoms with Crippen molar-refractivity contribution in [3.05, 3.63) is 47.0 Å².